The molecule has 1 aliphatic rings. The second-order valence-electron chi connectivity index (χ2n) is 6.36. The number of amides is 1. The van der Waals surface area contributed by atoms with E-state index < -0.39 is 17.7 Å². The molecule has 0 radical (unpaired) electrons. The van der Waals surface area contributed by atoms with Gasteiger partial charge in [0.05, 0.1) is 12.1 Å². The first-order chi connectivity index (χ1) is 12.5. The fourth-order valence-corrected chi connectivity index (χ4v) is 3.44. The van der Waals surface area contributed by atoms with Crippen LogP contribution in [0.5, 0.6) is 0 Å². The minimum absolute atomic E-state index is 0.0807. The summed E-state index contributed by atoms with van der Waals surface area (Å²) >= 11 is 0. The largest absolute Gasteiger partial charge is 0.355 e. The number of benzene rings is 2. The van der Waals surface area contributed by atoms with Gasteiger partial charge >= 0.3 is 0 Å². The van der Waals surface area contributed by atoms with Gasteiger partial charge in [0.15, 0.2) is 0 Å². The highest BCUT2D eigenvalue weighted by Crippen LogP contribution is 2.41. The zero-order chi connectivity index (χ0) is 18.7. The van der Waals surface area contributed by atoms with Crippen molar-refractivity contribution in [2.24, 2.45) is 0 Å². The van der Waals surface area contributed by atoms with Crippen LogP contribution in [0.2, 0.25) is 0 Å². The van der Waals surface area contributed by atoms with Gasteiger partial charge in [-0.05, 0) is 43.2 Å². The highest BCUT2D eigenvalue weighted by molar-refractivity contribution is 5.83. The number of carbonyl (C=O) groups is 1. The average Bonchev–Trinajstić information content (AvgIpc) is 3.08. The Morgan fingerprint density at radius 3 is 2.65 bits per heavy atom. The maximum atomic E-state index is 14.4. The van der Waals surface area contributed by atoms with Crippen molar-refractivity contribution >= 4 is 11.5 Å². The lowest BCUT2D eigenvalue weighted by Crippen LogP contribution is -2.45. The molecule has 26 heavy (non-hydrogen) atoms. The number of hydrogen-bond donors (Lipinski definition) is 1. The Hall–Kier alpha value is -2.53. The predicted octanol–water partition coefficient (Wildman–Crippen LogP) is 3.93. The van der Waals surface area contributed by atoms with E-state index in [0.29, 0.717) is 18.7 Å². The van der Waals surface area contributed by atoms with Gasteiger partial charge in [-0.2, -0.15) is 0 Å². The van der Waals surface area contributed by atoms with Crippen LogP contribution >= 0.6 is 0 Å². The highest BCUT2D eigenvalue weighted by atomic mass is 19.1. The Kier molecular flexibility index (Phi) is 5.47. The molecule has 0 spiro atoms. The second-order valence-corrected chi connectivity index (χ2v) is 6.36. The van der Waals surface area contributed by atoms with E-state index >= 15 is 0 Å². The SMILES string of the molecule is CCNC(=O)C(C)N1CC=C(c2cc(F)ccc2F)[C@@H]1c1ccccc1. The van der Waals surface area contributed by atoms with Crippen LogP contribution in [0.1, 0.15) is 31.0 Å². The summed E-state index contributed by atoms with van der Waals surface area (Å²) in [6, 6.07) is 12.4. The predicted molar refractivity (Wildman–Crippen MR) is 98.4 cm³/mol. The van der Waals surface area contributed by atoms with Crippen molar-refractivity contribution < 1.29 is 13.6 Å². The molecule has 0 bridgehead atoms. The number of nitrogens with one attached hydrogen (secondary N) is 1. The first-order valence-corrected chi connectivity index (χ1v) is 8.76. The molecule has 2 aromatic carbocycles. The van der Waals surface area contributed by atoms with E-state index in [0.717, 1.165) is 17.7 Å². The molecule has 1 N–H and O–H groups in total. The van der Waals surface area contributed by atoms with Crippen molar-refractivity contribution in [3.8, 4) is 0 Å². The number of rotatable bonds is 5. The number of nitrogens with zero attached hydrogens (tertiary/aromatic N) is 1. The summed E-state index contributed by atoms with van der Waals surface area (Å²) in [5.74, 6) is -1.03. The smallest absolute Gasteiger partial charge is 0.237 e. The zero-order valence-electron chi connectivity index (χ0n) is 14.9. The van der Waals surface area contributed by atoms with E-state index in [1.54, 1.807) is 0 Å². The lowest BCUT2D eigenvalue weighted by atomic mass is 9.93. The fourth-order valence-electron chi connectivity index (χ4n) is 3.44. The number of carbonyl (C=O) groups excluding carboxylic acids is 1. The molecule has 0 saturated heterocycles. The van der Waals surface area contributed by atoms with Gasteiger partial charge in [-0.1, -0.05) is 36.4 Å². The molecule has 2 aromatic rings. The third kappa shape index (κ3) is 3.53. The first-order valence-electron chi connectivity index (χ1n) is 8.76. The molecule has 3 rings (SSSR count). The van der Waals surface area contributed by atoms with E-state index in [-0.39, 0.29) is 17.5 Å². The monoisotopic (exact) mass is 356 g/mol. The maximum Gasteiger partial charge on any atom is 0.237 e. The number of halogens is 2. The fraction of sp³-hybridized carbons (Fsp3) is 0.286. The lowest BCUT2D eigenvalue weighted by Gasteiger charge is -2.32. The van der Waals surface area contributed by atoms with E-state index in [1.807, 2.05) is 55.2 Å². The molecule has 5 heteroatoms. The minimum atomic E-state index is -0.482. The molecule has 0 fully saturated rings. The summed E-state index contributed by atoms with van der Waals surface area (Å²) in [6.07, 6.45) is 1.88. The summed E-state index contributed by atoms with van der Waals surface area (Å²) in [7, 11) is 0. The van der Waals surface area contributed by atoms with Crippen molar-refractivity contribution in [2.75, 3.05) is 13.1 Å². The second kappa shape index (κ2) is 7.79. The number of hydrogen-bond acceptors (Lipinski definition) is 2. The quantitative estimate of drug-likeness (QED) is 0.880. The summed E-state index contributed by atoms with van der Waals surface area (Å²) in [5, 5.41) is 2.83. The van der Waals surface area contributed by atoms with Crippen molar-refractivity contribution in [2.45, 2.75) is 25.9 Å². The third-order valence-electron chi connectivity index (χ3n) is 4.73. The summed E-state index contributed by atoms with van der Waals surface area (Å²) < 4.78 is 28.2. The third-order valence-corrected chi connectivity index (χ3v) is 4.73. The van der Waals surface area contributed by atoms with Crippen LogP contribution in [0.3, 0.4) is 0 Å². The molecule has 2 atom stereocenters. The van der Waals surface area contributed by atoms with Crippen LogP contribution < -0.4 is 5.32 Å². The van der Waals surface area contributed by atoms with Crippen molar-refractivity contribution in [1.29, 1.82) is 0 Å². The molecule has 136 valence electrons. The summed E-state index contributed by atoms with van der Waals surface area (Å²) in [6.45, 7) is 4.74. The van der Waals surface area contributed by atoms with Gasteiger partial charge in [-0.15, -0.1) is 0 Å². The van der Waals surface area contributed by atoms with Crippen molar-refractivity contribution in [3.63, 3.8) is 0 Å². The Labute approximate surface area is 152 Å². The van der Waals surface area contributed by atoms with E-state index in [4.69, 9.17) is 0 Å². The van der Waals surface area contributed by atoms with Crippen molar-refractivity contribution in [1.82, 2.24) is 10.2 Å². The average molecular weight is 356 g/mol. The van der Waals surface area contributed by atoms with Gasteiger partial charge in [0.1, 0.15) is 11.6 Å². The standard InChI is InChI=1S/C21H22F2N2O/c1-3-24-21(26)14(2)25-12-11-17(18-13-16(22)9-10-19(18)23)20(25)15-7-5-4-6-8-15/h4-11,13-14,20H,3,12H2,1-2H3,(H,24,26)/t14?,20-/m0/s1. The Morgan fingerprint density at radius 2 is 1.96 bits per heavy atom. The zero-order valence-corrected chi connectivity index (χ0v) is 14.9. The molecule has 0 aromatic heterocycles. The van der Waals surface area contributed by atoms with Gasteiger partial charge in [-0.3, -0.25) is 9.69 Å². The number of likely N-dealkylation sites (N-methyl/N-ethyl adjacent to an activating group) is 1. The Morgan fingerprint density at radius 1 is 1.23 bits per heavy atom. The van der Waals surface area contributed by atoms with Crippen LogP contribution in [0.25, 0.3) is 5.57 Å². The van der Waals surface area contributed by atoms with E-state index in [2.05, 4.69) is 5.32 Å². The molecule has 1 heterocycles. The molecule has 1 aliphatic heterocycles. The van der Waals surface area contributed by atoms with Gasteiger partial charge < -0.3 is 5.32 Å². The lowest BCUT2D eigenvalue weighted by molar-refractivity contribution is -0.125. The van der Waals surface area contributed by atoms with Crippen LogP contribution in [-0.2, 0) is 4.79 Å². The topological polar surface area (TPSA) is 32.3 Å². The van der Waals surface area contributed by atoms with Crippen molar-refractivity contribution in [3.05, 3.63) is 77.4 Å². The normalized spacial score (nSPS) is 18.5. The van der Waals surface area contributed by atoms with Gasteiger partial charge in [0.2, 0.25) is 5.91 Å². The van der Waals surface area contributed by atoms with Crippen LogP contribution in [-0.4, -0.2) is 29.9 Å². The first kappa shape index (κ1) is 18.3. The molecule has 0 aliphatic carbocycles. The molecule has 0 saturated carbocycles. The van der Waals surface area contributed by atoms with Crippen LogP contribution in [0.4, 0.5) is 8.78 Å². The Balaban J connectivity index is 2.02. The maximum absolute atomic E-state index is 14.4. The Bertz CT molecular complexity index is 820. The van der Waals surface area contributed by atoms with Gasteiger partial charge in [0.25, 0.3) is 0 Å². The van der Waals surface area contributed by atoms with E-state index in [1.165, 1.54) is 6.07 Å². The molecular weight excluding hydrogens is 334 g/mol. The molecule has 3 nitrogen and oxygen atoms in total. The van der Waals surface area contributed by atoms with Crippen LogP contribution in [0.15, 0.2) is 54.6 Å². The molecular formula is C21H22F2N2O. The highest BCUT2D eigenvalue weighted by Gasteiger charge is 2.36. The van der Waals surface area contributed by atoms with Gasteiger partial charge in [-0.25, -0.2) is 8.78 Å². The molecule has 1 unspecified atom stereocenters. The summed E-state index contributed by atoms with van der Waals surface area (Å²) in [4.78, 5) is 14.4. The van der Waals surface area contributed by atoms with Gasteiger partial charge in [0, 0.05) is 18.7 Å². The van der Waals surface area contributed by atoms with Crippen LogP contribution in [0, 0.1) is 11.6 Å². The summed E-state index contributed by atoms with van der Waals surface area (Å²) in [5.41, 5.74) is 1.87. The van der Waals surface area contributed by atoms with E-state index in [9.17, 15) is 13.6 Å². The molecule has 1 amide bonds. The minimum Gasteiger partial charge on any atom is -0.355 e.